The minimum atomic E-state index is -1.75. The van der Waals surface area contributed by atoms with Crippen molar-refractivity contribution < 1.29 is 27.4 Å². The lowest BCUT2D eigenvalue weighted by molar-refractivity contribution is -0.146. The third-order valence-corrected chi connectivity index (χ3v) is 4.28. The second-order valence-electron chi connectivity index (χ2n) is 5.39. The number of benzene rings is 1. The molecular formula is C15H15F3O3. The Morgan fingerprint density at radius 2 is 2.10 bits per heavy atom. The number of carbonyl (C=O) groups excluding carboxylic acids is 1. The highest BCUT2D eigenvalue weighted by Gasteiger charge is 2.37. The van der Waals surface area contributed by atoms with E-state index in [0.29, 0.717) is 42.6 Å². The quantitative estimate of drug-likeness (QED) is 0.805. The summed E-state index contributed by atoms with van der Waals surface area (Å²) in [6.45, 7) is 0.297. The molecule has 3 rings (SSSR count). The van der Waals surface area contributed by atoms with Crippen molar-refractivity contribution >= 4 is 5.97 Å². The molecule has 2 atom stereocenters. The second-order valence-corrected chi connectivity index (χ2v) is 5.39. The molecule has 0 N–H and O–H groups in total. The van der Waals surface area contributed by atoms with Crippen molar-refractivity contribution in [2.75, 3.05) is 13.7 Å². The van der Waals surface area contributed by atoms with Crippen LogP contribution >= 0.6 is 0 Å². The number of halogens is 3. The highest BCUT2D eigenvalue weighted by molar-refractivity contribution is 5.74. The van der Waals surface area contributed by atoms with Crippen LogP contribution in [0.1, 0.15) is 35.4 Å². The first kappa shape index (κ1) is 14.2. The molecule has 0 saturated carbocycles. The summed E-state index contributed by atoms with van der Waals surface area (Å²) >= 11 is 0. The molecule has 3 nitrogen and oxygen atoms in total. The van der Waals surface area contributed by atoms with Crippen molar-refractivity contribution in [3.05, 3.63) is 28.3 Å². The molecule has 1 aromatic rings. The Morgan fingerprint density at radius 3 is 2.81 bits per heavy atom. The smallest absolute Gasteiger partial charge is 0.340 e. The van der Waals surface area contributed by atoms with Crippen LogP contribution in [0.2, 0.25) is 0 Å². The van der Waals surface area contributed by atoms with Crippen molar-refractivity contribution in [2.45, 2.75) is 37.8 Å². The minimum Gasteiger partial charge on any atom is -0.490 e. The molecule has 0 saturated heterocycles. The predicted octanol–water partition coefficient (Wildman–Crippen LogP) is 2.83. The molecule has 1 heterocycles. The normalized spacial score (nSPS) is 20.7. The van der Waals surface area contributed by atoms with Crippen molar-refractivity contribution in [1.29, 1.82) is 0 Å². The fourth-order valence-electron chi connectivity index (χ4n) is 3.35. The average Bonchev–Trinajstić information content (AvgIpc) is 3.10. The highest BCUT2D eigenvalue weighted by Crippen LogP contribution is 2.46. The molecule has 114 valence electrons. The van der Waals surface area contributed by atoms with Crippen molar-refractivity contribution in [1.82, 2.24) is 0 Å². The van der Waals surface area contributed by atoms with Gasteiger partial charge in [0, 0.05) is 12.0 Å². The van der Waals surface area contributed by atoms with Crippen LogP contribution in [0.4, 0.5) is 13.2 Å². The summed E-state index contributed by atoms with van der Waals surface area (Å²) in [7, 11) is 1.12. The maximum Gasteiger partial charge on any atom is 0.340 e. The maximum atomic E-state index is 14.1. The van der Waals surface area contributed by atoms with Crippen LogP contribution in [0.15, 0.2) is 0 Å². The summed E-state index contributed by atoms with van der Waals surface area (Å²) in [6.07, 6.45) is -0.488. The van der Waals surface area contributed by atoms with E-state index in [1.165, 1.54) is 0 Å². The lowest BCUT2D eigenvalue weighted by atomic mass is 9.90. The van der Waals surface area contributed by atoms with Gasteiger partial charge in [0.2, 0.25) is 5.82 Å². The van der Waals surface area contributed by atoms with Gasteiger partial charge in [0.25, 0.3) is 0 Å². The SMILES string of the molecule is COC(=O)C(F)CC1CCc2c(F)c(F)c3c(c21)CCO3. The molecule has 6 heteroatoms. The molecule has 0 amide bonds. The number of methoxy groups -OCH3 is 1. The molecule has 0 bridgehead atoms. The number of alkyl halides is 1. The molecule has 0 fully saturated rings. The van der Waals surface area contributed by atoms with E-state index in [4.69, 9.17) is 4.74 Å². The van der Waals surface area contributed by atoms with E-state index in [1.807, 2.05) is 0 Å². The number of carbonyl (C=O) groups is 1. The second kappa shape index (κ2) is 5.24. The molecule has 1 aliphatic heterocycles. The van der Waals surface area contributed by atoms with E-state index in [2.05, 4.69) is 4.74 Å². The fourth-order valence-corrected chi connectivity index (χ4v) is 3.35. The van der Waals surface area contributed by atoms with E-state index in [9.17, 15) is 18.0 Å². The molecule has 2 unspecified atom stereocenters. The molecule has 1 aromatic carbocycles. The van der Waals surface area contributed by atoms with Crippen LogP contribution < -0.4 is 4.74 Å². The number of rotatable bonds is 3. The summed E-state index contributed by atoms with van der Waals surface area (Å²) in [6, 6.07) is 0. The number of hydrogen-bond acceptors (Lipinski definition) is 3. The van der Waals surface area contributed by atoms with E-state index >= 15 is 0 Å². The molecule has 0 aromatic heterocycles. The summed E-state index contributed by atoms with van der Waals surface area (Å²) in [5.74, 6) is -3.14. The van der Waals surface area contributed by atoms with Crippen LogP contribution in [0.5, 0.6) is 5.75 Å². The lowest BCUT2D eigenvalue weighted by Crippen LogP contribution is -2.20. The van der Waals surface area contributed by atoms with E-state index < -0.39 is 23.8 Å². The van der Waals surface area contributed by atoms with E-state index in [0.717, 1.165) is 7.11 Å². The van der Waals surface area contributed by atoms with E-state index in [-0.39, 0.29) is 18.1 Å². The number of fused-ring (bicyclic) bond motifs is 3. The molecule has 0 radical (unpaired) electrons. The number of esters is 1. The van der Waals surface area contributed by atoms with Gasteiger partial charge in [-0.3, -0.25) is 0 Å². The lowest BCUT2D eigenvalue weighted by Gasteiger charge is -2.17. The first-order chi connectivity index (χ1) is 10.0. The first-order valence-electron chi connectivity index (χ1n) is 6.91. The van der Waals surface area contributed by atoms with Crippen LogP contribution in [0.3, 0.4) is 0 Å². The third-order valence-electron chi connectivity index (χ3n) is 4.28. The molecular weight excluding hydrogens is 285 g/mol. The summed E-state index contributed by atoms with van der Waals surface area (Å²) < 4.78 is 51.3. The zero-order chi connectivity index (χ0) is 15.1. The third kappa shape index (κ3) is 2.17. The Labute approximate surface area is 120 Å². The topological polar surface area (TPSA) is 35.5 Å². The van der Waals surface area contributed by atoms with Crippen molar-refractivity contribution in [3.8, 4) is 5.75 Å². The number of hydrogen-bond donors (Lipinski definition) is 0. The molecule has 0 spiro atoms. The Hall–Kier alpha value is -1.72. The van der Waals surface area contributed by atoms with Gasteiger partial charge in [-0.25, -0.2) is 13.6 Å². The fraction of sp³-hybridized carbons (Fsp3) is 0.533. The monoisotopic (exact) mass is 300 g/mol. The van der Waals surface area contributed by atoms with Gasteiger partial charge < -0.3 is 9.47 Å². The van der Waals surface area contributed by atoms with Gasteiger partial charge in [0.15, 0.2) is 17.7 Å². The summed E-state index contributed by atoms with van der Waals surface area (Å²) in [5.41, 5.74) is 1.57. The van der Waals surface area contributed by atoms with Gasteiger partial charge in [0.1, 0.15) is 0 Å². The van der Waals surface area contributed by atoms with Gasteiger partial charge >= 0.3 is 5.97 Å². The molecule has 2 aliphatic rings. The van der Waals surface area contributed by atoms with E-state index in [1.54, 1.807) is 0 Å². The Balaban J connectivity index is 1.97. The van der Waals surface area contributed by atoms with Gasteiger partial charge in [-0.05, 0) is 36.3 Å². The molecule has 1 aliphatic carbocycles. The Kier molecular flexibility index (Phi) is 3.55. The van der Waals surface area contributed by atoms with Crippen LogP contribution in [-0.4, -0.2) is 25.9 Å². The zero-order valence-electron chi connectivity index (χ0n) is 11.5. The van der Waals surface area contributed by atoms with Gasteiger partial charge in [-0.15, -0.1) is 0 Å². The maximum absolute atomic E-state index is 14.1. The molecule has 21 heavy (non-hydrogen) atoms. The zero-order valence-corrected chi connectivity index (χ0v) is 11.5. The van der Waals surface area contributed by atoms with Crippen LogP contribution in [0.25, 0.3) is 0 Å². The Bertz CT molecular complexity index is 601. The van der Waals surface area contributed by atoms with Gasteiger partial charge in [0.05, 0.1) is 13.7 Å². The van der Waals surface area contributed by atoms with Gasteiger partial charge in [-0.2, -0.15) is 4.39 Å². The summed E-state index contributed by atoms with van der Waals surface area (Å²) in [5, 5.41) is 0. The minimum absolute atomic E-state index is 0.0494. The predicted molar refractivity (Wildman–Crippen MR) is 68.1 cm³/mol. The number of ether oxygens (including phenoxy) is 2. The largest absolute Gasteiger partial charge is 0.490 e. The van der Waals surface area contributed by atoms with Crippen molar-refractivity contribution in [3.63, 3.8) is 0 Å². The summed E-state index contributed by atoms with van der Waals surface area (Å²) in [4.78, 5) is 11.2. The highest BCUT2D eigenvalue weighted by atomic mass is 19.2. The van der Waals surface area contributed by atoms with Crippen molar-refractivity contribution in [2.24, 2.45) is 0 Å². The first-order valence-corrected chi connectivity index (χ1v) is 6.91. The average molecular weight is 300 g/mol. The standard InChI is InChI=1S/C15H15F3O3/c1-20-15(19)10(16)6-7-2-3-8-11(7)9-4-5-21-14(9)13(18)12(8)17/h7,10H,2-6H2,1H3. The van der Waals surface area contributed by atoms with Crippen LogP contribution in [-0.2, 0) is 22.4 Å². The Morgan fingerprint density at radius 1 is 1.33 bits per heavy atom. The van der Waals surface area contributed by atoms with Gasteiger partial charge in [-0.1, -0.05) is 0 Å². The van der Waals surface area contributed by atoms with Crippen LogP contribution in [0, 0.1) is 11.6 Å².